The summed E-state index contributed by atoms with van der Waals surface area (Å²) >= 11 is 1.24. The molecule has 0 saturated heterocycles. The Kier molecular flexibility index (Phi) is 7.02. The van der Waals surface area contributed by atoms with Crippen molar-refractivity contribution in [2.24, 2.45) is 7.05 Å². The molecular weight excluding hydrogens is 458 g/mol. The number of halogens is 2. The molecule has 0 aliphatic carbocycles. The minimum absolute atomic E-state index is 0.0288. The average molecular weight is 485 g/mol. The van der Waals surface area contributed by atoms with Crippen molar-refractivity contribution in [2.75, 3.05) is 17.2 Å². The van der Waals surface area contributed by atoms with Gasteiger partial charge in [0.05, 0.1) is 16.7 Å². The lowest BCUT2D eigenvalue weighted by Crippen LogP contribution is -2.44. The van der Waals surface area contributed by atoms with Gasteiger partial charge >= 0.3 is 0 Å². The van der Waals surface area contributed by atoms with E-state index >= 15 is 0 Å². The summed E-state index contributed by atoms with van der Waals surface area (Å²) in [6.07, 6.45) is 0.760. The highest BCUT2D eigenvalue weighted by atomic mass is 32.2. The molecule has 1 N–H and O–H groups in total. The standard InChI is InChI=1S/C25H26F2N4O2S/c1-4-15(2)28-20(32)13-31-21(33)14-34-24(18-11-10-17(26)12-19(18)27)22-23(29-30(3)25(22)31)16-8-6-5-7-9-16/h5-12,15,24H,4,13-14H2,1-3H3,(H,28,32)/t15-,24-/m0/s1. The maximum absolute atomic E-state index is 14.9. The largest absolute Gasteiger partial charge is 0.352 e. The number of nitrogens with zero attached hydrogens (tertiary/aromatic N) is 3. The van der Waals surface area contributed by atoms with Crippen molar-refractivity contribution >= 4 is 29.4 Å². The van der Waals surface area contributed by atoms with Crippen molar-refractivity contribution in [3.05, 3.63) is 71.3 Å². The normalized spacial score (nSPS) is 16.7. The van der Waals surface area contributed by atoms with Crippen LogP contribution < -0.4 is 10.2 Å². The lowest BCUT2D eigenvalue weighted by molar-refractivity contribution is -0.123. The summed E-state index contributed by atoms with van der Waals surface area (Å²) in [5.41, 5.74) is 2.26. The summed E-state index contributed by atoms with van der Waals surface area (Å²) in [5, 5.41) is 6.95. The summed E-state index contributed by atoms with van der Waals surface area (Å²) in [5.74, 6) is -1.47. The Morgan fingerprint density at radius 1 is 1.24 bits per heavy atom. The third kappa shape index (κ3) is 4.70. The van der Waals surface area contributed by atoms with Gasteiger partial charge in [-0.15, -0.1) is 11.8 Å². The number of aryl methyl sites for hydroxylation is 1. The van der Waals surface area contributed by atoms with Gasteiger partial charge < -0.3 is 5.32 Å². The Morgan fingerprint density at radius 3 is 2.65 bits per heavy atom. The van der Waals surface area contributed by atoms with Gasteiger partial charge in [0.25, 0.3) is 0 Å². The highest BCUT2D eigenvalue weighted by Gasteiger charge is 2.37. The predicted molar refractivity (Wildman–Crippen MR) is 130 cm³/mol. The van der Waals surface area contributed by atoms with Crippen molar-refractivity contribution in [3.63, 3.8) is 0 Å². The van der Waals surface area contributed by atoms with Gasteiger partial charge in [-0.1, -0.05) is 43.3 Å². The maximum Gasteiger partial charge on any atom is 0.240 e. The SMILES string of the molecule is CC[C@H](C)NC(=O)CN1C(=O)CS[C@@H](c2ccc(F)cc2F)c2c(-c3ccccc3)nn(C)c21. The fourth-order valence-electron chi connectivity index (χ4n) is 4.02. The van der Waals surface area contributed by atoms with E-state index in [0.717, 1.165) is 18.1 Å². The minimum atomic E-state index is -0.693. The molecule has 0 bridgehead atoms. The number of hydrogen-bond donors (Lipinski definition) is 1. The molecule has 6 nitrogen and oxygen atoms in total. The number of benzene rings is 2. The molecule has 1 aromatic heterocycles. The van der Waals surface area contributed by atoms with Crippen LogP contribution in [0.25, 0.3) is 11.3 Å². The van der Waals surface area contributed by atoms with Gasteiger partial charge in [-0.2, -0.15) is 5.10 Å². The van der Waals surface area contributed by atoms with Crippen LogP contribution in [0.3, 0.4) is 0 Å². The van der Waals surface area contributed by atoms with Gasteiger partial charge in [-0.3, -0.25) is 19.2 Å². The molecule has 2 aromatic carbocycles. The fraction of sp³-hybridized carbons (Fsp3) is 0.320. The molecule has 3 aromatic rings. The Labute approximate surface area is 201 Å². The summed E-state index contributed by atoms with van der Waals surface area (Å²) in [6.45, 7) is 3.68. The Morgan fingerprint density at radius 2 is 1.97 bits per heavy atom. The van der Waals surface area contributed by atoms with Crippen LogP contribution in [0.2, 0.25) is 0 Å². The number of anilines is 1. The number of carbonyl (C=O) groups is 2. The zero-order valence-electron chi connectivity index (χ0n) is 19.2. The van der Waals surface area contributed by atoms with Crippen LogP contribution in [-0.4, -0.2) is 39.9 Å². The first-order chi connectivity index (χ1) is 16.3. The van der Waals surface area contributed by atoms with Crippen LogP contribution in [0.5, 0.6) is 0 Å². The second kappa shape index (κ2) is 9.97. The molecule has 9 heteroatoms. The van der Waals surface area contributed by atoms with Crippen LogP contribution in [0.1, 0.15) is 36.6 Å². The van der Waals surface area contributed by atoms with Gasteiger partial charge in [0.1, 0.15) is 24.0 Å². The van der Waals surface area contributed by atoms with Gasteiger partial charge in [0.2, 0.25) is 11.8 Å². The number of aromatic nitrogens is 2. The molecule has 178 valence electrons. The molecule has 1 aliphatic rings. The van der Waals surface area contributed by atoms with E-state index in [1.807, 2.05) is 44.2 Å². The van der Waals surface area contributed by atoms with E-state index in [4.69, 9.17) is 0 Å². The van der Waals surface area contributed by atoms with Crippen LogP contribution in [0.4, 0.5) is 14.6 Å². The van der Waals surface area contributed by atoms with E-state index in [-0.39, 0.29) is 35.7 Å². The maximum atomic E-state index is 14.9. The number of rotatable bonds is 6. The topological polar surface area (TPSA) is 67.2 Å². The number of carbonyl (C=O) groups excluding carboxylic acids is 2. The third-order valence-corrected chi connectivity index (χ3v) is 7.10. The van der Waals surface area contributed by atoms with Crippen LogP contribution >= 0.6 is 11.8 Å². The zero-order chi connectivity index (χ0) is 24.4. The third-order valence-electron chi connectivity index (χ3n) is 5.86. The molecule has 34 heavy (non-hydrogen) atoms. The first kappa shape index (κ1) is 23.9. The molecule has 0 fully saturated rings. The monoisotopic (exact) mass is 484 g/mol. The number of amides is 2. The van der Waals surface area contributed by atoms with E-state index in [1.54, 1.807) is 11.7 Å². The number of thioether (sulfide) groups is 1. The summed E-state index contributed by atoms with van der Waals surface area (Å²) in [7, 11) is 1.70. The molecule has 0 saturated carbocycles. The molecule has 0 radical (unpaired) electrons. The zero-order valence-corrected chi connectivity index (χ0v) is 20.0. The average Bonchev–Trinajstić information content (AvgIpc) is 3.08. The van der Waals surface area contributed by atoms with Crippen molar-refractivity contribution in [1.29, 1.82) is 0 Å². The first-order valence-corrected chi connectivity index (χ1v) is 12.1. The van der Waals surface area contributed by atoms with Gasteiger partial charge in [-0.25, -0.2) is 8.78 Å². The van der Waals surface area contributed by atoms with Crippen LogP contribution in [-0.2, 0) is 16.6 Å². The minimum Gasteiger partial charge on any atom is -0.352 e. The van der Waals surface area contributed by atoms with Crippen molar-refractivity contribution in [2.45, 2.75) is 31.6 Å². The van der Waals surface area contributed by atoms with Gasteiger partial charge in [0, 0.05) is 35.8 Å². The Balaban J connectivity index is 1.88. The van der Waals surface area contributed by atoms with Gasteiger partial charge in [0.15, 0.2) is 0 Å². The molecule has 0 spiro atoms. The van der Waals surface area contributed by atoms with Crippen LogP contribution in [0, 0.1) is 11.6 Å². The molecular formula is C25H26F2N4O2S. The summed E-state index contributed by atoms with van der Waals surface area (Å²) in [4.78, 5) is 27.4. The lowest BCUT2D eigenvalue weighted by atomic mass is 9.99. The van der Waals surface area contributed by atoms with E-state index in [1.165, 1.54) is 28.8 Å². The fourth-order valence-corrected chi connectivity index (χ4v) is 5.24. The van der Waals surface area contributed by atoms with E-state index in [9.17, 15) is 18.4 Å². The highest BCUT2D eigenvalue weighted by molar-refractivity contribution is 8.00. The van der Waals surface area contributed by atoms with Crippen molar-refractivity contribution in [1.82, 2.24) is 15.1 Å². The number of hydrogen-bond acceptors (Lipinski definition) is 4. The smallest absolute Gasteiger partial charge is 0.240 e. The van der Waals surface area contributed by atoms with E-state index in [0.29, 0.717) is 17.1 Å². The van der Waals surface area contributed by atoms with E-state index in [2.05, 4.69) is 10.4 Å². The van der Waals surface area contributed by atoms with Crippen LogP contribution in [0.15, 0.2) is 48.5 Å². The summed E-state index contributed by atoms with van der Waals surface area (Å²) < 4.78 is 30.2. The first-order valence-electron chi connectivity index (χ1n) is 11.1. The Bertz CT molecular complexity index is 1220. The van der Waals surface area contributed by atoms with Gasteiger partial charge in [-0.05, 0) is 19.4 Å². The molecule has 2 heterocycles. The van der Waals surface area contributed by atoms with Crippen molar-refractivity contribution in [3.8, 4) is 11.3 Å². The highest BCUT2D eigenvalue weighted by Crippen LogP contribution is 2.48. The molecule has 2 atom stereocenters. The van der Waals surface area contributed by atoms with Crippen molar-refractivity contribution < 1.29 is 18.4 Å². The molecule has 0 unspecified atom stereocenters. The molecule has 4 rings (SSSR count). The molecule has 1 aliphatic heterocycles. The quantitative estimate of drug-likeness (QED) is 0.562. The second-order valence-electron chi connectivity index (χ2n) is 8.29. The molecule has 2 amide bonds. The van der Waals surface area contributed by atoms with E-state index < -0.39 is 16.9 Å². The Hall–Kier alpha value is -3.20. The summed E-state index contributed by atoms with van der Waals surface area (Å²) in [6, 6.07) is 12.8. The predicted octanol–water partition coefficient (Wildman–Crippen LogP) is 4.45. The second-order valence-corrected chi connectivity index (χ2v) is 9.38. The lowest BCUT2D eigenvalue weighted by Gasteiger charge is -2.23. The number of nitrogens with one attached hydrogen (secondary N) is 1. The number of fused-ring (bicyclic) bond motifs is 1.